The fraction of sp³-hybridized carbons (Fsp3) is 0.0952. The molecule has 0 bridgehead atoms. The van der Waals surface area contributed by atoms with Crippen LogP contribution in [0.15, 0.2) is 59.7 Å². The molecule has 0 unspecified atom stereocenters. The average molecular weight is 342 g/mol. The largest absolute Gasteiger partial charge is 0.360 e. The maximum atomic E-state index is 12.7. The minimum atomic E-state index is -0.113. The van der Waals surface area contributed by atoms with E-state index in [1.54, 1.807) is 0 Å². The number of fused-ring (bicyclic) bond motifs is 2. The number of H-pyrrole nitrogens is 3. The van der Waals surface area contributed by atoms with Crippen molar-refractivity contribution < 1.29 is 0 Å². The highest BCUT2D eigenvalue weighted by Crippen LogP contribution is 2.36. The molecule has 5 aromatic rings. The normalized spacial score (nSPS) is 11.6. The van der Waals surface area contributed by atoms with Crippen molar-refractivity contribution in [1.82, 2.24) is 19.7 Å². The number of aromatic amines is 3. The van der Waals surface area contributed by atoms with Crippen molar-refractivity contribution in [2.24, 2.45) is 7.05 Å². The maximum absolute atomic E-state index is 12.7. The zero-order valence-corrected chi connectivity index (χ0v) is 14.6. The topological polar surface area (TPSA) is 69.4 Å². The van der Waals surface area contributed by atoms with Crippen LogP contribution in [0.25, 0.3) is 44.2 Å². The minimum absolute atomic E-state index is 0.113. The SMILES string of the molecule is Cc1ccc2c(-c3[nH][nH]c(=O)c3-c3cn(C)c4ccccc34)c[nH]c2c1. The lowest BCUT2D eigenvalue weighted by atomic mass is 10.0. The van der Waals surface area contributed by atoms with Crippen molar-refractivity contribution in [3.63, 3.8) is 0 Å². The third-order valence-electron chi connectivity index (χ3n) is 5.05. The van der Waals surface area contributed by atoms with Crippen molar-refractivity contribution >= 4 is 21.8 Å². The van der Waals surface area contributed by atoms with Gasteiger partial charge < -0.3 is 9.55 Å². The van der Waals surface area contributed by atoms with E-state index in [0.29, 0.717) is 5.56 Å². The van der Waals surface area contributed by atoms with Gasteiger partial charge in [-0.05, 0) is 24.6 Å². The fourth-order valence-electron chi connectivity index (χ4n) is 3.80. The Morgan fingerprint density at radius 2 is 1.81 bits per heavy atom. The Kier molecular flexibility index (Phi) is 3.00. The van der Waals surface area contributed by atoms with E-state index in [0.717, 1.165) is 38.6 Å². The Bertz CT molecular complexity index is 1330. The van der Waals surface area contributed by atoms with Crippen molar-refractivity contribution in [3.8, 4) is 22.4 Å². The second-order valence-electron chi connectivity index (χ2n) is 6.75. The van der Waals surface area contributed by atoms with Crippen LogP contribution in [-0.2, 0) is 7.05 Å². The summed E-state index contributed by atoms with van der Waals surface area (Å²) in [5.41, 5.74) is 6.64. The number of hydrogen-bond acceptors (Lipinski definition) is 1. The zero-order chi connectivity index (χ0) is 17.8. The molecule has 0 spiro atoms. The summed E-state index contributed by atoms with van der Waals surface area (Å²) in [5, 5.41) is 8.02. The molecule has 0 amide bonds. The van der Waals surface area contributed by atoms with Crippen molar-refractivity contribution in [2.45, 2.75) is 6.92 Å². The van der Waals surface area contributed by atoms with E-state index in [1.165, 1.54) is 5.56 Å². The third kappa shape index (κ3) is 2.00. The Balaban J connectivity index is 1.82. The highest BCUT2D eigenvalue weighted by atomic mass is 16.1. The number of hydrogen-bond donors (Lipinski definition) is 3. The Morgan fingerprint density at radius 1 is 0.962 bits per heavy atom. The van der Waals surface area contributed by atoms with Crippen LogP contribution in [0.5, 0.6) is 0 Å². The van der Waals surface area contributed by atoms with Crippen LogP contribution in [0.3, 0.4) is 0 Å². The van der Waals surface area contributed by atoms with Crippen molar-refractivity contribution in [1.29, 1.82) is 0 Å². The van der Waals surface area contributed by atoms with Crippen molar-refractivity contribution in [2.75, 3.05) is 0 Å². The van der Waals surface area contributed by atoms with Crippen molar-refractivity contribution in [3.05, 3.63) is 70.8 Å². The standard InChI is InChI=1S/C21H18N4O/c1-12-7-8-13-15(10-22-17(13)9-12)20-19(21(26)24-23-20)16-11-25(2)18-6-4-3-5-14(16)18/h3-11,22H,1-2H3,(H2,23,24,26). The summed E-state index contributed by atoms with van der Waals surface area (Å²) >= 11 is 0. The van der Waals surface area contributed by atoms with Gasteiger partial charge in [-0.15, -0.1) is 0 Å². The van der Waals surface area contributed by atoms with Crippen LogP contribution in [0.4, 0.5) is 0 Å². The molecule has 0 fully saturated rings. The second kappa shape index (κ2) is 5.26. The molecular formula is C21H18N4O. The van der Waals surface area contributed by atoms with Gasteiger partial charge >= 0.3 is 0 Å². The van der Waals surface area contributed by atoms with E-state index >= 15 is 0 Å². The lowest BCUT2D eigenvalue weighted by molar-refractivity contribution is 0.970. The predicted molar refractivity (Wildman–Crippen MR) is 105 cm³/mol. The van der Waals surface area contributed by atoms with Gasteiger partial charge in [0, 0.05) is 52.4 Å². The molecule has 128 valence electrons. The smallest absolute Gasteiger partial charge is 0.272 e. The van der Waals surface area contributed by atoms with Crippen LogP contribution in [0.2, 0.25) is 0 Å². The lowest BCUT2D eigenvalue weighted by Crippen LogP contribution is -2.01. The summed E-state index contributed by atoms with van der Waals surface area (Å²) in [6, 6.07) is 14.4. The molecule has 0 aliphatic heterocycles. The maximum Gasteiger partial charge on any atom is 0.272 e. The molecule has 3 N–H and O–H groups in total. The van der Waals surface area contributed by atoms with Crippen LogP contribution < -0.4 is 5.56 Å². The zero-order valence-electron chi connectivity index (χ0n) is 14.6. The van der Waals surface area contributed by atoms with Gasteiger partial charge in [-0.3, -0.25) is 15.0 Å². The first-order valence-corrected chi connectivity index (χ1v) is 8.56. The quantitative estimate of drug-likeness (QED) is 0.439. The fourth-order valence-corrected chi connectivity index (χ4v) is 3.80. The molecule has 3 aromatic heterocycles. The van der Waals surface area contributed by atoms with E-state index in [2.05, 4.69) is 57.0 Å². The van der Waals surface area contributed by atoms with Crippen LogP contribution in [0.1, 0.15) is 5.56 Å². The molecule has 0 saturated heterocycles. The van der Waals surface area contributed by atoms with Gasteiger partial charge in [-0.25, -0.2) is 0 Å². The number of benzene rings is 2. The molecule has 0 aliphatic carbocycles. The Labute approximate surface area is 149 Å². The Morgan fingerprint density at radius 3 is 2.69 bits per heavy atom. The predicted octanol–water partition coefficient (Wildman–Crippen LogP) is 4.32. The molecular weight excluding hydrogens is 324 g/mol. The van der Waals surface area contributed by atoms with E-state index < -0.39 is 0 Å². The molecule has 0 aliphatic rings. The number of para-hydroxylation sites is 1. The highest BCUT2D eigenvalue weighted by Gasteiger charge is 2.20. The molecule has 26 heavy (non-hydrogen) atoms. The first-order chi connectivity index (χ1) is 12.6. The number of aryl methyl sites for hydroxylation is 2. The molecule has 5 heteroatoms. The Hall–Kier alpha value is -3.47. The van der Waals surface area contributed by atoms with Gasteiger partial charge in [0.15, 0.2) is 0 Å². The monoisotopic (exact) mass is 342 g/mol. The summed E-state index contributed by atoms with van der Waals surface area (Å²) in [5.74, 6) is 0. The van der Waals surface area contributed by atoms with E-state index in [9.17, 15) is 4.79 Å². The summed E-state index contributed by atoms with van der Waals surface area (Å²) in [6.07, 6.45) is 3.98. The summed E-state index contributed by atoms with van der Waals surface area (Å²) in [7, 11) is 2.00. The van der Waals surface area contributed by atoms with E-state index in [1.807, 2.05) is 31.6 Å². The van der Waals surface area contributed by atoms with E-state index in [4.69, 9.17) is 0 Å². The first kappa shape index (κ1) is 14.8. The van der Waals surface area contributed by atoms with Gasteiger partial charge in [-0.1, -0.05) is 30.3 Å². The number of nitrogens with one attached hydrogen (secondary N) is 3. The first-order valence-electron chi connectivity index (χ1n) is 8.56. The lowest BCUT2D eigenvalue weighted by Gasteiger charge is -2.01. The average Bonchev–Trinajstić information content (AvgIpc) is 3.30. The summed E-state index contributed by atoms with van der Waals surface area (Å²) in [4.78, 5) is 16.0. The van der Waals surface area contributed by atoms with Crippen LogP contribution >= 0.6 is 0 Å². The molecule has 0 atom stereocenters. The summed E-state index contributed by atoms with van der Waals surface area (Å²) in [6.45, 7) is 2.07. The van der Waals surface area contributed by atoms with Gasteiger partial charge in [0.1, 0.15) is 0 Å². The van der Waals surface area contributed by atoms with Gasteiger partial charge in [-0.2, -0.15) is 0 Å². The molecule has 5 nitrogen and oxygen atoms in total. The van der Waals surface area contributed by atoms with Gasteiger partial charge in [0.25, 0.3) is 5.56 Å². The number of aromatic nitrogens is 4. The third-order valence-corrected chi connectivity index (χ3v) is 5.05. The summed E-state index contributed by atoms with van der Waals surface area (Å²) < 4.78 is 2.06. The highest BCUT2D eigenvalue weighted by molar-refractivity contribution is 6.03. The molecule has 0 saturated carbocycles. The van der Waals surface area contributed by atoms with E-state index in [-0.39, 0.29) is 5.56 Å². The number of nitrogens with zero attached hydrogens (tertiary/aromatic N) is 1. The van der Waals surface area contributed by atoms with Crippen LogP contribution in [0, 0.1) is 6.92 Å². The van der Waals surface area contributed by atoms with Crippen LogP contribution in [-0.4, -0.2) is 19.7 Å². The molecule has 0 radical (unpaired) electrons. The minimum Gasteiger partial charge on any atom is -0.360 e. The number of rotatable bonds is 2. The molecule has 2 aromatic carbocycles. The van der Waals surface area contributed by atoms with Gasteiger partial charge in [0.2, 0.25) is 0 Å². The molecule has 3 heterocycles. The van der Waals surface area contributed by atoms with Gasteiger partial charge in [0.05, 0.1) is 11.3 Å². The second-order valence-corrected chi connectivity index (χ2v) is 6.75. The molecule has 5 rings (SSSR count).